The summed E-state index contributed by atoms with van der Waals surface area (Å²) < 4.78 is 18.0. The Labute approximate surface area is 82.5 Å². The van der Waals surface area contributed by atoms with Gasteiger partial charge < -0.3 is 4.74 Å². The van der Waals surface area contributed by atoms with E-state index in [0.29, 0.717) is 11.6 Å². The SMILES string of the molecule is CC(C)(CCl)Oc1ccc(F)cc1. The van der Waals surface area contributed by atoms with E-state index in [-0.39, 0.29) is 5.82 Å². The van der Waals surface area contributed by atoms with Crippen molar-refractivity contribution < 1.29 is 9.13 Å². The number of benzene rings is 1. The third kappa shape index (κ3) is 3.23. The van der Waals surface area contributed by atoms with Gasteiger partial charge in [0.2, 0.25) is 0 Å². The summed E-state index contributed by atoms with van der Waals surface area (Å²) in [7, 11) is 0. The van der Waals surface area contributed by atoms with Crippen molar-refractivity contribution in [2.75, 3.05) is 5.88 Å². The maximum absolute atomic E-state index is 12.5. The zero-order valence-corrected chi connectivity index (χ0v) is 8.44. The van der Waals surface area contributed by atoms with E-state index in [0.717, 1.165) is 0 Å². The first-order valence-corrected chi connectivity index (χ1v) is 4.57. The lowest BCUT2D eigenvalue weighted by molar-refractivity contribution is 0.134. The topological polar surface area (TPSA) is 9.23 Å². The first kappa shape index (κ1) is 10.3. The number of ether oxygens (including phenoxy) is 1. The van der Waals surface area contributed by atoms with Gasteiger partial charge in [0, 0.05) is 0 Å². The first-order chi connectivity index (χ1) is 6.03. The molecule has 0 N–H and O–H groups in total. The zero-order chi connectivity index (χ0) is 9.90. The molecule has 0 bridgehead atoms. The molecule has 1 rings (SSSR count). The molecule has 0 amide bonds. The molecule has 0 saturated carbocycles. The van der Waals surface area contributed by atoms with Gasteiger partial charge >= 0.3 is 0 Å². The Morgan fingerprint density at radius 2 is 1.85 bits per heavy atom. The summed E-state index contributed by atoms with van der Waals surface area (Å²) in [5, 5.41) is 0. The van der Waals surface area contributed by atoms with Gasteiger partial charge in [-0.1, -0.05) is 0 Å². The molecular formula is C10H12ClFO. The van der Waals surface area contributed by atoms with Crippen LogP contribution in [0.25, 0.3) is 0 Å². The highest BCUT2D eigenvalue weighted by molar-refractivity contribution is 6.18. The molecule has 0 aliphatic rings. The summed E-state index contributed by atoms with van der Waals surface area (Å²) in [6.45, 7) is 3.76. The highest BCUT2D eigenvalue weighted by Crippen LogP contribution is 2.19. The minimum atomic E-state index is -0.417. The maximum atomic E-state index is 12.5. The Morgan fingerprint density at radius 3 is 2.31 bits per heavy atom. The van der Waals surface area contributed by atoms with E-state index < -0.39 is 5.60 Å². The largest absolute Gasteiger partial charge is 0.487 e. The predicted octanol–water partition coefficient (Wildman–Crippen LogP) is 3.22. The molecule has 0 spiro atoms. The highest BCUT2D eigenvalue weighted by atomic mass is 35.5. The van der Waals surface area contributed by atoms with Crippen LogP contribution in [0.1, 0.15) is 13.8 Å². The Bertz CT molecular complexity index is 269. The van der Waals surface area contributed by atoms with Crippen molar-refractivity contribution in [1.82, 2.24) is 0 Å². The van der Waals surface area contributed by atoms with Crippen LogP contribution in [0.15, 0.2) is 24.3 Å². The van der Waals surface area contributed by atoms with E-state index in [1.165, 1.54) is 12.1 Å². The lowest BCUT2D eigenvalue weighted by Gasteiger charge is -2.23. The molecule has 0 heterocycles. The van der Waals surface area contributed by atoms with Crippen LogP contribution in [0.4, 0.5) is 4.39 Å². The van der Waals surface area contributed by atoms with Gasteiger partial charge in [-0.3, -0.25) is 0 Å². The predicted molar refractivity (Wildman–Crippen MR) is 51.8 cm³/mol. The van der Waals surface area contributed by atoms with E-state index >= 15 is 0 Å². The average molecular weight is 203 g/mol. The molecule has 3 heteroatoms. The van der Waals surface area contributed by atoms with E-state index in [2.05, 4.69) is 0 Å². The third-order valence-corrected chi connectivity index (χ3v) is 2.17. The molecule has 0 radical (unpaired) electrons. The average Bonchev–Trinajstić information content (AvgIpc) is 2.09. The molecular weight excluding hydrogens is 191 g/mol. The molecule has 0 aliphatic carbocycles. The fourth-order valence-electron chi connectivity index (χ4n) is 0.849. The summed E-state index contributed by atoms with van der Waals surface area (Å²) >= 11 is 5.68. The first-order valence-electron chi connectivity index (χ1n) is 4.04. The number of hydrogen-bond acceptors (Lipinski definition) is 1. The lowest BCUT2D eigenvalue weighted by atomic mass is 10.2. The van der Waals surface area contributed by atoms with Crippen molar-refractivity contribution >= 4 is 11.6 Å². The molecule has 0 aromatic heterocycles. The normalized spacial score (nSPS) is 11.4. The zero-order valence-electron chi connectivity index (χ0n) is 7.68. The number of rotatable bonds is 3. The molecule has 0 saturated heterocycles. The molecule has 0 unspecified atom stereocenters. The third-order valence-electron chi connectivity index (χ3n) is 1.53. The minimum Gasteiger partial charge on any atom is -0.487 e. The van der Waals surface area contributed by atoms with Crippen molar-refractivity contribution in [3.8, 4) is 5.75 Å². The van der Waals surface area contributed by atoms with Crippen LogP contribution in [0, 0.1) is 5.82 Å². The van der Waals surface area contributed by atoms with Gasteiger partial charge in [0.05, 0.1) is 5.88 Å². The van der Waals surface area contributed by atoms with Gasteiger partial charge in [0.1, 0.15) is 17.2 Å². The number of halogens is 2. The van der Waals surface area contributed by atoms with Gasteiger partial charge in [-0.2, -0.15) is 0 Å². The van der Waals surface area contributed by atoms with Crippen LogP contribution in [0.2, 0.25) is 0 Å². The van der Waals surface area contributed by atoms with Crippen LogP contribution in [0.5, 0.6) is 5.75 Å². The van der Waals surface area contributed by atoms with Crippen LogP contribution in [0.3, 0.4) is 0 Å². The molecule has 0 atom stereocenters. The summed E-state index contributed by atoms with van der Waals surface area (Å²) in [4.78, 5) is 0. The molecule has 13 heavy (non-hydrogen) atoms. The Balaban J connectivity index is 2.69. The summed E-state index contributed by atoms with van der Waals surface area (Å²) in [5.74, 6) is 0.757. The number of hydrogen-bond donors (Lipinski definition) is 0. The van der Waals surface area contributed by atoms with E-state index in [9.17, 15) is 4.39 Å². The summed E-state index contributed by atoms with van der Waals surface area (Å²) in [5.41, 5.74) is -0.417. The fourth-order valence-corrected chi connectivity index (χ4v) is 0.904. The number of alkyl halides is 1. The van der Waals surface area contributed by atoms with Crippen molar-refractivity contribution in [2.24, 2.45) is 0 Å². The molecule has 1 aromatic rings. The van der Waals surface area contributed by atoms with Crippen LogP contribution in [-0.2, 0) is 0 Å². The van der Waals surface area contributed by atoms with Crippen molar-refractivity contribution in [2.45, 2.75) is 19.4 Å². The monoisotopic (exact) mass is 202 g/mol. The summed E-state index contributed by atoms with van der Waals surface area (Å²) in [6, 6.07) is 5.90. The second-order valence-corrected chi connectivity index (χ2v) is 3.72. The fraction of sp³-hybridized carbons (Fsp3) is 0.400. The second kappa shape index (κ2) is 3.97. The van der Waals surface area contributed by atoms with Gasteiger partial charge in [-0.25, -0.2) is 4.39 Å². The van der Waals surface area contributed by atoms with Gasteiger partial charge in [0.25, 0.3) is 0 Å². The van der Waals surface area contributed by atoms with Crippen molar-refractivity contribution in [3.63, 3.8) is 0 Å². The quantitative estimate of drug-likeness (QED) is 0.684. The lowest BCUT2D eigenvalue weighted by Crippen LogP contribution is -2.30. The van der Waals surface area contributed by atoms with Crippen LogP contribution >= 0.6 is 11.6 Å². The van der Waals surface area contributed by atoms with Crippen LogP contribution < -0.4 is 4.74 Å². The highest BCUT2D eigenvalue weighted by Gasteiger charge is 2.17. The molecule has 1 aromatic carbocycles. The molecule has 1 nitrogen and oxygen atoms in total. The maximum Gasteiger partial charge on any atom is 0.123 e. The smallest absolute Gasteiger partial charge is 0.123 e. The Kier molecular flexibility index (Phi) is 3.15. The Morgan fingerprint density at radius 1 is 1.31 bits per heavy atom. The van der Waals surface area contributed by atoms with Crippen molar-refractivity contribution in [3.05, 3.63) is 30.1 Å². The standard InChI is InChI=1S/C10H12ClFO/c1-10(2,7-11)13-9-5-3-8(12)4-6-9/h3-6H,7H2,1-2H3. The van der Waals surface area contributed by atoms with E-state index in [1.54, 1.807) is 12.1 Å². The molecule has 0 aliphatic heterocycles. The van der Waals surface area contributed by atoms with Gasteiger partial charge in [0.15, 0.2) is 0 Å². The minimum absolute atomic E-state index is 0.268. The van der Waals surface area contributed by atoms with E-state index in [1.807, 2.05) is 13.8 Å². The van der Waals surface area contributed by atoms with Crippen molar-refractivity contribution in [1.29, 1.82) is 0 Å². The van der Waals surface area contributed by atoms with Gasteiger partial charge in [-0.05, 0) is 38.1 Å². The van der Waals surface area contributed by atoms with E-state index in [4.69, 9.17) is 16.3 Å². The molecule has 72 valence electrons. The molecule has 0 fully saturated rings. The Hall–Kier alpha value is -0.760. The summed E-state index contributed by atoms with van der Waals surface area (Å²) in [6.07, 6.45) is 0. The van der Waals surface area contributed by atoms with Crippen LogP contribution in [-0.4, -0.2) is 11.5 Å². The second-order valence-electron chi connectivity index (χ2n) is 3.45. The van der Waals surface area contributed by atoms with Gasteiger partial charge in [-0.15, -0.1) is 11.6 Å².